The summed E-state index contributed by atoms with van der Waals surface area (Å²) in [6.45, 7) is 0. The van der Waals surface area contributed by atoms with Crippen molar-refractivity contribution in [1.29, 1.82) is 0 Å². The van der Waals surface area contributed by atoms with Gasteiger partial charge in [-0.05, 0) is 41.8 Å². The van der Waals surface area contributed by atoms with Crippen molar-refractivity contribution in [3.05, 3.63) is 126 Å². The van der Waals surface area contributed by atoms with Crippen LogP contribution in [0.15, 0.2) is 109 Å². The van der Waals surface area contributed by atoms with E-state index in [1.165, 1.54) is 0 Å². The summed E-state index contributed by atoms with van der Waals surface area (Å²) in [7, 11) is 1.67. The molecule has 0 fully saturated rings. The van der Waals surface area contributed by atoms with E-state index < -0.39 is 5.41 Å². The number of carbonyl (C=O) groups excluding carboxylic acids is 1. The first-order chi connectivity index (χ1) is 15.1. The summed E-state index contributed by atoms with van der Waals surface area (Å²) >= 11 is 0. The zero-order valence-corrected chi connectivity index (χ0v) is 17.4. The summed E-state index contributed by atoms with van der Waals surface area (Å²) in [5.74, 6) is 0.983. The quantitative estimate of drug-likeness (QED) is 0.395. The van der Waals surface area contributed by atoms with Crippen molar-refractivity contribution in [2.24, 2.45) is 0 Å². The van der Waals surface area contributed by atoms with Gasteiger partial charge in [-0.3, -0.25) is 4.79 Å². The Balaban J connectivity index is 1.74. The molecule has 0 radical (unpaired) electrons. The zero-order valence-electron chi connectivity index (χ0n) is 17.4. The number of hydrogen-bond acceptors (Lipinski definition) is 3. The third kappa shape index (κ3) is 4.36. The molecule has 1 aliphatic rings. The molecule has 0 saturated carbocycles. The highest BCUT2D eigenvalue weighted by Crippen LogP contribution is 2.42. The minimum atomic E-state index is -0.525. The number of ketones is 1. The van der Waals surface area contributed by atoms with Crippen LogP contribution in [0.1, 0.15) is 27.9 Å². The van der Waals surface area contributed by atoms with Crippen LogP contribution in [0.25, 0.3) is 5.57 Å². The first-order valence-electron chi connectivity index (χ1n) is 10.2. The average Bonchev–Trinajstić information content (AvgIpc) is 2.83. The van der Waals surface area contributed by atoms with E-state index in [1.54, 1.807) is 25.3 Å². The van der Waals surface area contributed by atoms with E-state index in [9.17, 15) is 9.90 Å². The predicted octanol–water partition coefficient (Wildman–Crippen LogP) is 6.12. The third-order valence-corrected chi connectivity index (χ3v) is 5.62. The summed E-state index contributed by atoms with van der Waals surface area (Å²) < 4.78 is 5.57. The molecule has 0 amide bonds. The van der Waals surface area contributed by atoms with E-state index >= 15 is 0 Å². The van der Waals surface area contributed by atoms with Crippen LogP contribution in [0.3, 0.4) is 0 Å². The first kappa shape index (κ1) is 20.4. The second-order valence-corrected chi connectivity index (χ2v) is 7.58. The molecule has 1 unspecified atom stereocenters. The first-order valence-corrected chi connectivity index (χ1v) is 10.2. The fourth-order valence-corrected chi connectivity index (χ4v) is 3.97. The van der Waals surface area contributed by atoms with Gasteiger partial charge in [0.05, 0.1) is 7.11 Å². The molecule has 0 heterocycles. The molecular formula is C28H24O3. The van der Waals surface area contributed by atoms with Gasteiger partial charge in [-0.15, -0.1) is 0 Å². The lowest BCUT2D eigenvalue weighted by Gasteiger charge is -2.32. The number of benzene rings is 3. The fraction of sp³-hybridized carbons (Fsp3) is 0.107. The van der Waals surface area contributed by atoms with Crippen LogP contribution in [-0.4, -0.2) is 18.0 Å². The summed E-state index contributed by atoms with van der Waals surface area (Å²) in [5.41, 5.74) is 3.27. The number of phenolic OH excluding ortho intramolecular Hbond substituents is 1. The Labute approximate surface area is 182 Å². The zero-order chi connectivity index (χ0) is 21.7. The number of phenols is 1. The van der Waals surface area contributed by atoms with Crippen molar-refractivity contribution in [3.8, 4) is 11.5 Å². The summed E-state index contributed by atoms with van der Waals surface area (Å²) in [6, 6.07) is 24.4. The minimum Gasteiger partial charge on any atom is -0.508 e. The topological polar surface area (TPSA) is 46.5 Å². The maximum absolute atomic E-state index is 12.8. The molecule has 31 heavy (non-hydrogen) atoms. The molecular weight excluding hydrogens is 384 g/mol. The Morgan fingerprint density at radius 3 is 2.42 bits per heavy atom. The van der Waals surface area contributed by atoms with Crippen LogP contribution in [0.2, 0.25) is 0 Å². The summed E-state index contributed by atoms with van der Waals surface area (Å²) in [4.78, 5) is 12.8. The van der Waals surface area contributed by atoms with Crippen LogP contribution in [0.4, 0.5) is 0 Å². The Hall–Kier alpha value is -3.85. The number of rotatable bonds is 6. The number of aromatic hydroxyl groups is 1. The number of allylic oxidation sites excluding steroid dienone is 6. The molecule has 0 spiro atoms. The molecule has 0 aromatic heterocycles. The molecule has 1 N–H and O–H groups in total. The van der Waals surface area contributed by atoms with Gasteiger partial charge >= 0.3 is 0 Å². The predicted molar refractivity (Wildman–Crippen MR) is 124 cm³/mol. The number of para-hydroxylation sites is 1. The lowest BCUT2D eigenvalue weighted by atomic mass is 9.71. The maximum Gasteiger partial charge on any atom is 0.185 e. The Morgan fingerprint density at radius 2 is 1.68 bits per heavy atom. The highest BCUT2D eigenvalue weighted by molar-refractivity contribution is 6.04. The van der Waals surface area contributed by atoms with Crippen LogP contribution < -0.4 is 4.74 Å². The second-order valence-electron chi connectivity index (χ2n) is 7.58. The largest absolute Gasteiger partial charge is 0.508 e. The molecule has 154 valence electrons. The summed E-state index contributed by atoms with van der Waals surface area (Å²) in [5, 5.41) is 9.79. The van der Waals surface area contributed by atoms with E-state index in [0.29, 0.717) is 12.0 Å². The fourth-order valence-electron chi connectivity index (χ4n) is 3.97. The van der Waals surface area contributed by atoms with Gasteiger partial charge in [-0.1, -0.05) is 85.0 Å². The monoisotopic (exact) mass is 408 g/mol. The van der Waals surface area contributed by atoms with Crippen LogP contribution in [0.5, 0.6) is 11.5 Å². The molecule has 3 aromatic carbocycles. The summed E-state index contributed by atoms with van der Waals surface area (Å²) in [6.07, 6.45) is 10.5. The molecule has 1 aliphatic carbocycles. The molecule has 0 saturated heterocycles. The number of methoxy groups -OCH3 is 1. The molecule has 3 nitrogen and oxygen atoms in total. The van der Waals surface area contributed by atoms with E-state index in [1.807, 2.05) is 78.9 Å². The van der Waals surface area contributed by atoms with E-state index in [-0.39, 0.29) is 11.5 Å². The van der Waals surface area contributed by atoms with Crippen LogP contribution in [-0.2, 0) is 5.41 Å². The SMILES string of the molecule is COc1ccccc1C1=CC=CC(C=CC(=O)c2ccccc2)(c2ccc(O)cc2)C1. The molecule has 4 rings (SSSR count). The van der Waals surface area contributed by atoms with Gasteiger partial charge in [0.25, 0.3) is 0 Å². The van der Waals surface area contributed by atoms with Gasteiger partial charge in [0.15, 0.2) is 5.78 Å². The van der Waals surface area contributed by atoms with Crippen LogP contribution in [0, 0.1) is 0 Å². The maximum atomic E-state index is 12.8. The number of hydrogen-bond donors (Lipinski definition) is 1. The highest BCUT2D eigenvalue weighted by Gasteiger charge is 2.31. The van der Waals surface area contributed by atoms with Crippen molar-refractivity contribution in [3.63, 3.8) is 0 Å². The van der Waals surface area contributed by atoms with Crippen molar-refractivity contribution in [2.75, 3.05) is 7.11 Å². The number of ether oxygens (including phenoxy) is 1. The molecule has 1 atom stereocenters. The van der Waals surface area contributed by atoms with Gasteiger partial charge < -0.3 is 9.84 Å². The van der Waals surface area contributed by atoms with Gasteiger partial charge in [0.2, 0.25) is 0 Å². The smallest absolute Gasteiger partial charge is 0.185 e. The second kappa shape index (κ2) is 8.88. The normalized spacial score (nSPS) is 18.0. The van der Waals surface area contributed by atoms with Gasteiger partial charge in [0.1, 0.15) is 11.5 Å². The number of carbonyl (C=O) groups is 1. The third-order valence-electron chi connectivity index (χ3n) is 5.62. The van der Waals surface area contributed by atoms with E-state index in [0.717, 1.165) is 22.4 Å². The average molecular weight is 408 g/mol. The lowest BCUT2D eigenvalue weighted by molar-refractivity contribution is 0.104. The standard InChI is InChI=1S/C28H24O3/c1-31-27-12-6-5-11-25(27)22-10-7-18-28(20-22,23-13-15-24(29)16-14-23)19-17-26(30)21-8-3-2-4-9-21/h2-19,29H,20H2,1H3. The Morgan fingerprint density at radius 1 is 0.968 bits per heavy atom. The van der Waals surface area contributed by atoms with Gasteiger partial charge in [-0.2, -0.15) is 0 Å². The Kier molecular flexibility index (Phi) is 5.85. The van der Waals surface area contributed by atoms with Crippen molar-refractivity contribution in [1.82, 2.24) is 0 Å². The van der Waals surface area contributed by atoms with Crippen molar-refractivity contribution < 1.29 is 14.6 Å². The highest BCUT2D eigenvalue weighted by atomic mass is 16.5. The van der Waals surface area contributed by atoms with E-state index in [2.05, 4.69) is 12.2 Å². The van der Waals surface area contributed by atoms with Gasteiger partial charge in [0, 0.05) is 16.5 Å². The van der Waals surface area contributed by atoms with Gasteiger partial charge in [-0.25, -0.2) is 0 Å². The van der Waals surface area contributed by atoms with E-state index in [4.69, 9.17) is 4.74 Å². The van der Waals surface area contributed by atoms with Crippen molar-refractivity contribution in [2.45, 2.75) is 11.8 Å². The molecule has 3 aromatic rings. The molecule has 0 aliphatic heterocycles. The Bertz CT molecular complexity index is 1150. The van der Waals surface area contributed by atoms with Crippen LogP contribution >= 0.6 is 0 Å². The van der Waals surface area contributed by atoms with Crippen molar-refractivity contribution >= 4 is 11.4 Å². The molecule has 0 bridgehead atoms. The lowest BCUT2D eigenvalue weighted by Crippen LogP contribution is -2.23. The molecule has 3 heteroatoms. The minimum absolute atomic E-state index is 0.0412.